The van der Waals surface area contributed by atoms with Crippen LogP contribution in [0.4, 0.5) is 5.82 Å². The number of nitrogens with zero attached hydrogens (tertiary/aromatic N) is 2. The van der Waals surface area contributed by atoms with E-state index in [1.165, 1.54) is 4.31 Å². The minimum absolute atomic E-state index is 0.158. The molecule has 0 radical (unpaired) electrons. The van der Waals surface area contributed by atoms with Crippen molar-refractivity contribution in [2.75, 3.05) is 4.31 Å². The Labute approximate surface area is 164 Å². The first-order valence-electron chi connectivity index (χ1n) is 9.32. The van der Waals surface area contributed by atoms with E-state index in [0.717, 1.165) is 27.8 Å². The van der Waals surface area contributed by atoms with Crippen LogP contribution in [-0.2, 0) is 21.8 Å². The maximum atomic E-state index is 13.8. The summed E-state index contributed by atoms with van der Waals surface area (Å²) in [5, 5.41) is 1.06. The molecule has 2 atom stereocenters. The molecule has 0 N–H and O–H groups in total. The zero-order valence-corrected chi connectivity index (χ0v) is 17.1. The topological polar surface area (TPSA) is 51.5 Å². The van der Waals surface area contributed by atoms with Gasteiger partial charge in [0.05, 0.1) is 16.6 Å². The molecule has 28 heavy (non-hydrogen) atoms. The van der Waals surface area contributed by atoms with Crippen molar-refractivity contribution in [3.8, 4) is 0 Å². The Morgan fingerprint density at radius 2 is 1.71 bits per heavy atom. The number of benzene rings is 2. The van der Waals surface area contributed by atoms with Crippen molar-refractivity contribution in [3.63, 3.8) is 0 Å². The molecule has 0 bridgehead atoms. The van der Waals surface area contributed by atoms with Gasteiger partial charge < -0.3 is 9.30 Å². The Morgan fingerprint density at radius 1 is 1.04 bits per heavy atom. The summed E-state index contributed by atoms with van der Waals surface area (Å²) in [6.45, 7) is 5.69. The summed E-state index contributed by atoms with van der Waals surface area (Å²) in [7, 11) is -1.90. The van der Waals surface area contributed by atoms with Gasteiger partial charge in [-0.3, -0.25) is 0 Å². The van der Waals surface area contributed by atoms with Gasteiger partial charge in [0, 0.05) is 23.5 Å². The molecule has 1 aromatic heterocycles. The van der Waals surface area contributed by atoms with Crippen molar-refractivity contribution in [2.24, 2.45) is 7.05 Å². The van der Waals surface area contributed by atoms with Crippen LogP contribution in [0.25, 0.3) is 10.9 Å². The Balaban J connectivity index is 1.83. The van der Waals surface area contributed by atoms with Gasteiger partial charge in [0.15, 0.2) is 0 Å². The lowest BCUT2D eigenvalue weighted by atomic mass is 9.93. The summed E-state index contributed by atoms with van der Waals surface area (Å²) in [4.78, 5) is 0.268. The van der Waals surface area contributed by atoms with Crippen molar-refractivity contribution in [2.45, 2.75) is 37.3 Å². The van der Waals surface area contributed by atoms with E-state index in [4.69, 9.17) is 4.74 Å². The normalized spacial score (nSPS) is 23.5. The number of anilines is 1. The van der Waals surface area contributed by atoms with E-state index in [1.54, 1.807) is 12.1 Å². The van der Waals surface area contributed by atoms with Crippen molar-refractivity contribution in [1.82, 2.24) is 4.57 Å². The summed E-state index contributed by atoms with van der Waals surface area (Å²) in [6.07, 6.45) is 2.04. The molecule has 2 aromatic carbocycles. The molecular weight excluding hydrogens is 372 g/mol. The number of aromatic nitrogens is 1. The van der Waals surface area contributed by atoms with Crippen LogP contribution in [0, 0.1) is 6.92 Å². The van der Waals surface area contributed by atoms with Gasteiger partial charge >= 0.3 is 0 Å². The predicted octanol–water partition coefficient (Wildman–Crippen LogP) is 4.43. The van der Waals surface area contributed by atoms with E-state index in [1.807, 2.05) is 68.8 Å². The molecule has 5 rings (SSSR count). The van der Waals surface area contributed by atoms with Crippen molar-refractivity contribution < 1.29 is 13.2 Å². The average Bonchev–Trinajstić information content (AvgIpc) is 3.18. The molecular formula is C22H22N2O3S. The smallest absolute Gasteiger partial charge is 0.268 e. The summed E-state index contributed by atoms with van der Waals surface area (Å²) >= 11 is 0. The van der Waals surface area contributed by atoms with Crippen LogP contribution in [0.3, 0.4) is 0 Å². The van der Waals surface area contributed by atoms with E-state index in [9.17, 15) is 8.42 Å². The van der Waals surface area contributed by atoms with Crippen LogP contribution < -0.4 is 4.31 Å². The summed E-state index contributed by atoms with van der Waals surface area (Å²) in [6, 6.07) is 15.0. The van der Waals surface area contributed by atoms with Gasteiger partial charge in [-0.2, -0.15) is 0 Å². The molecule has 0 fully saturated rings. The lowest BCUT2D eigenvalue weighted by Gasteiger charge is -2.36. The fourth-order valence-electron chi connectivity index (χ4n) is 4.67. The molecule has 3 heterocycles. The first-order chi connectivity index (χ1) is 13.2. The van der Waals surface area contributed by atoms with Crippen molar-refractivity contribution in [1.29, 1.82) is 0 Å². The number of para-hydroxylation sites is 1. The Kier molecular flexibility index (Phi) is 3.36. The molecule has 5 nitrogen and oxygen atoms in total. The van der Waals surface area contributed by atoms with Crippen molar-refractivity contribution >= 4 is 26.7 Å². The largest absolute Gasteiger partial charge is 0.471 e. The average molecular weight is 394 g/mol. The number of hydrogen-bond donors (Lipinski definition) is 0. The van der Waals surface area contributed by atoms with E-state index in [0.29, 0.717) is 5.82 Å². The van der Waals surface area contributed by atoms with Crippen LogP contribution >= 0.6 is 0 Å². The molecule has 0 aliphatic carbocycles. The Bertz CT molecular complexity index is 1250. The monoisotopic (exact) mass is 394 g/mol. The quantitative estimate of drug-likeness (QED) is 0.646. The molecule has 0 spiro atoms. The highest BCUT2D eigenvalue weighted by molar-refractivity contribution is 7.93. The second-order valence-electron chi connectivity index (χ2n) is 7.81. The van der Waals surface area contributed by atoms with Gasteiger partial charge in [0.25, 0.3) is 10.0 Å². The number of rotatable bonds is 2. The highest BCUT2D eigenvalue weighted by Gasteiger charge is 2.59. The van der Waals surface area contributed by atoms with Crippen molar-refractivity contribution in [3.05, 3.63) is 71.5 Å². The molecule has 6 heteroatoms. The van der Waals surface area contributed by atoms with E-state index >= 15 is 0 Å². The molecule has 3 aromatic rings. The molecule has 0 amide bonds. The molecule has 2 aliphatic rings. The molecule has 144 valence electrons. The highest BCUT2D eigenvalue weighted by Crippen LogP contribution is 2.58. The summed E-state index contributed by atoms with van der Waals surface area (Å²) < 4.78 is 37.2. The number of fused-ring (bicyclic) bond motifs is 5. The minimum Gasteiger partial charge on any atom is -0.471 e. The third kappa shape index (κ3) is 2.04. The highest BCUT2D eigenvalue weighted by atomic mass is 32.2. The van der Waals surface area contributed by atoms with Gasteiger partial charge in [-0.25, -0.2) is 12.7 Å². The zero-order valence-electron chi connectivity index (χ0n) is 16.3. The van der Waals surface area contributed by atoms with Crippen LogP contribution in [0.2, 0.25) is 0 Å². The standard InChI is InChI=1S/C22H22N2O3S/c1-14-9-11-16(12-10-14)28(25,26)24-21-20(18-13-15(2)27-22(18,24)3)17-7-5-6-8-19(17)23(21)4/h5-13,18H,1-4H3. The predicted molar refractivity (Wildman–Crippen MR) is 110 cm³/mol. The first kappa shape index (κ1) is 17.4. The third-order valence-corrected chi connectivity index (χ3v) is 7.81. The lowest BCUT2D eigenvalue weighted by molar-refractivity contribution is 0.0499. The molecule has 0 saturated carbocycles. The fraction of sp³-hybridized carbons (Fsp3) is 0.273. The Hall–Kier alpha value is -2.73. The number of aryl methyl sites for hydroxylation is 2. The van der Waals surface area contributed by atoms with E-state index < -0.39 is 15.7 Å². The minimum atomic E-state index is -3.82. The third-order valence-electron chi connectivity index (χ3n) is 5.93. The van der Waals surface area contributed by atoms with E-state index in [-0.39, 0.29) is 10.8 Å². The van der Waals surface area contributed by atoms with Crippen LogP contribution in [0.5, 0.6) is 0 Å². The summed E-state index contributed by atoms with van der Waals surface area (Å²) in [5.74, 6) is 1.27. The molecule has 2 aliphatic heterocycles. The van der Waals surface area contributed by atoms with Gasteiger partial charge in [-0.05, 0) is 45.0 Å². The zero-order chi connectivity index (χ0) is 19.8. The van der Waals surface area contributed by atoms with Gasteiger partial charge in [0.1, 0.15) is 5.82 Å². The van der Waals surface area contributed by atoms with E-state index in [2.05, 4.69) is 6.07 Å². The lowest BCUT2D eigenvalue weighted by Crippen LogP contribution is -2.49. The van der Waals surface area contributed by atoms with Gasteiger partial charge in [-0.15, -0.1) is 0 Å². The molecule has 2 unspecified atom stereocenters. The number of sulfonamides is 1. The SMILES string of the molecule is CC1=CC2c3c(n(C)c4ccccc34)N(S(=O)(=O)c3ccc(C)cc3)C2(C)O1. The first-order valence-corrected chi connectivity index (χ1v) is 10.8. The summed E-state index contributed by atoms with van der Waals surface area (Å²) in [5.41, 5.74) is 2.02. The van der Waals surface area contributed by atoms with Crippen LogP contribution in [0.15, 0.2) is 65.3 Å². The van der Waals surface area contributed by atoms with Gasteiger partial charge in [0.2, 0.25) is 5.72 Å². The second-order valence-corrected chi connectivity index (χ2v) is 9.59. The number of allylic oxidation sites excluding steroid dienone is 1. The van der Waals surface area contributed by atoms with Gasteiger partial charge in [-0.1, -0.05) is 35.9 Å². The maximum Gasteiger partial charge on any atom is 0.268 e. The number of ether oxygens (including phenoxy) is 1. The van der Waals surface area contributed by atoms with Crippen LogP contribution in [0.1, 0.15) is 30.9 Å². The second kappa shape index (κ2) is 5.41. The van der Waals surface area contributed by atoms with Crippen LogP contribution in [-0.4, -0.2) is 18.7 Å². The number of hydrogen-bond acceptors (Lipinski definition) is 3. The maximum absolute atomic E-state index is 13.8. The Morgan fingerprint density at radius 3 is 2.43 bits per heavy atom. The molecule has 0 saturated heterocycles. The fourth-order valence-corrected chi connectivity index (χ4v) is 6.44.